The van der Waals surface area contributed by atoms with Gasteiger partial charge in [0.25, 0.3) is 5.91 Å². The minimum absolute atomic E-state index is 0.320. The summed E-state index contributed by atoms with van der Waals surface area (Å²) in [4.78, 5) is 12.1. The molecule has 5 nitrogen and oxygen atoms in total. The van der Waals surface area contributed by atoms with Crippen LogP contribution in [0.1, 0.15) is 22.8 Å². The molecule has 2 rings (SSSR count). The molecule has 0 aliphatic rings. The van der Waals surface area contributed by atoms with E-state index in [9.17, 15) is 4.79 Å². The lowest BCUT2D eigenvalue weighted by Crippen LogP contribution is -2.17. The van der Waals surface area contributed by atoms with E-state index in [1.165, 1.54) is 7.11 Å². The van der Waals surface area contributed by atoms with Crippen molar-refractivity contribution in [1.29, 1.82) is 0 Å². The van der Waals surface area contributed by atoms with E-state index in [0.717, 1.165) is 11.1 Å². The lowest BCUT2D eigenvalue weighted by molar-refractivity contribution is 0.0954. The van der Waals surface area contributed by atoms with Crippen molar-refractivity contribution in [1.82, 2.24) is 5.43 Å². The predicted molar refractivity (Wildman–Crippen MR) is 95.6 cm³/mol. The number of ether oxygens (including phenoxy) is 2. The van der Waals surface area contributed by atoms with Gasteiger partial charge in [0.15, 0.2) is 11.5 Å². The number of allylic oxidation sites excluding steroid dienone is 1. The monoisotopic (exact) mass is 324 g/mol. The number of nitrogens with one attached hydrogen (secondary N) is 1. The molecule has 124 valence electrons. The Hall–Kier alpha value is -3.08. The summed E-state index contributed by atoms with van der Waals surface area (Å²) in [5, 5.41) is 3.98. The van der Waals surface area contributed by atoms with Crippen LogP contribution in [-0.2, 0) is 0 Å². The molecule has 24 heavy (non-hydrogen) atoms. The molecule has 0 aliphatic carbocycles. The molecular formula is C19H20N2O3. The van der Waals surface area contributed by atoms with Crippen molar-refractivity contribution < 1.29 is 14.3 Å². The molecule has 0 heterocycles. The van der Waals surface area contributed by atoms with Crippen LogP contribution in [0.4, 0.5) is 0 Å². The van der Waals surface area contributed by atoms with Gasteiger partial charge in [0.1, 0.15) is 0 Å². The molecule has 0 bridgehead atoms. The van der Waals surface area contributed by atoms with Crippen molar-refractivity contribution in [2.45, 2.75) is 6.92 Å². The van der Waals surface area contributed by atoms with E-state index >= 15 is 0 Å². The Kier molecular flexibility index (Phi) is 6.14. The molecule has 0 unspecified atom stereocenters. The maximum atomic E-state index is 12.1. The normalized spacial score (nSPS) is 11.4. The van der Waals surface area contributed by atoms with Gasteiger partial charge in [-0.1, -0.05) is 36.4 Å². The van der Waals surface area contributed by atoms with Crippen molar-refractivity contribution in [3.8, 4) is 11.5 Å². The fourth-order valence-corrected chi connectivity index (χ4v) is 2.08. The molecule has 0 aromatic heterocycles. The zero-order chi connectivity index (χ0) is 17.4. The number of hydrogen-bond donors (Lipinski definition) is 1. The Balaban J connectivity index is 2.01. The third kappa shape index (κ3) is 4.71. The summed E-state index contributed by atoms with van der Waals surface area (Å²) < 4.78 is 10.3. The molecule has 2 aromatic carbocycles. The Morgan fingerprint density at radius 1 is 1.04 bits per heavy atom. The van der Waals surface area contributed by atoms with E-state index < -0.39 is 0 Å². The lowest BCUT2D eigenvalue weighted by atomic mass is 10.1. The number of methoxy groups -OCH3 is 2. The predicted octanol–water partition coefficient (Wildman–Crippen LogP) is 3.52. The number of amides is 1. The molecule has 0 radical (unpaired) electrons. The highest BCUT2D eigenvalue weighted by Crippen LogP contribution is 2.27. The highest BCUT2D eigenvalue weighted by Gasteiger charge is 2.09. The second kappa shape index (κ2) is 8.53. The first-order valence-corrected chi connectivity index (χ1v) is 7.43. The first kappa shape index (κ1) is 17.3. The van der Waals surface area contributed by atoms with Gasteiger partial charge in [-0.2, -0.15) is 5.10 Å². The number of nitrogens with zero attached hydrogens (tertiary/aromatic N) is 1. The molecule has 0 saturated carbocycles. The average Bonchev–Trinajstić information content (AvgIpc) is 2.61. The number of rotatable bonds is 6. The van der Waals surface area contributed by atoms with Gasteiger partial charge in [0, 0.05) is 5.56 Å². The van der Waals surface area contributed by atoms with Crippen LogP contribution in [0.3, 0.4) is 0 Å². The Morgan fingerprint density at radius 3 is 2.42 bits per heavy atom. The van der Waals surface area contributed by atoms with Crippen LogP contribution in [0.5, 0.6) is 11.5 Å². The highest BCUT2D eigenvalue weighted by molar-refractivity contribution is 5.95. The van der Waals surface area contributed by atoms with Crippen LogP contribution >= 0.6 is 0 Å². The maximum Gasteiger partial charge on any atom is 0.271 e. The first-order chi connectivity index (χ1) is 11.6. The minimum Gasteiger partial charge on any atom is -0.493 e. The summed E-state index contributed by atoms with van der Waals surface area (Å²) in [5.74, 6) is 0.744. The van der Waals surface area contributed by atoms with Gasteiger partial charge < -0.3 is 9.47 Å². The number of hydrogen-bond acceptors (Lipinski definition) is 4. The largest absolute Gasteiger partial charge is 0.493 e. The van der Waals surface area contributed by atoms with Crippen molar-refractivity contribution >= 4 is 18.2 Å². The van der Waals surface area contributed by atoms with Crippen molar-refractivity contribution in [3.05, 3.63) is 65.2 Å². The quantitative estimate of drug-likeness (QED) is 0.653. The van der Waals surface area contributed by atoms with Gasteiger partial charge in [-0.25, -0.2) is 5.43 Å². The maximum absolute atomic E-state index is 12.1. The smallest absolute Gasteiger partial charge is 0.271 e. The molecular weight excluding hydrogens is 304 g/mol. The van der Waals surface area contributed by atoms with E-state index in [4.69, 9.17) is 9.47 Å². The Labute approximate surface area is 141 Å². The van der Waals surface area contributed by atoms with Crippen LogP contribution in [0.25, 0.3) is 6.08 Å². The summed E-state index contributed by atoms with van der Waals surface area (Å²) in [5.41, 5.74) is 4.94. The third-order valence-corrected chi connectivity index (χ3v) is 3.27. The van der Waals surface area contributed by atoms with Crippen molar-refractivity contribution in [2.75, 3.05) is 14.2 Å². The summed E-state index contributed by atoms with van der Waals surface area (Å²) in [7, 11) is 3.07. The Morgan fingerprint density at radius 2 is 1.75 bits per heavy atom. The Bertz CT molecular complexity index is 752. The SMILES string of the molecule is COc1ccc(C(=O)NN=C/C(C)=C/c2ccccc2)cc1OC. The van der Waals surface area contributed by atoms with Crippen LogP contribution in [-0.4, -0.2) is 26.3 Å². The summed E-state index contributed by atoms with van der Waals surface area (Å²) in [6.07, 6.45) is 3.58. The molecule has 0 saturated heterocycles. The van der Waals surface area contributed by atoms with E-state index in [-0.39, 0.29) is 5.91 Å². The van der Waals surface area contributed by atoms with E-state index in [0.29, 0.717) is 17.1 Å². The van der Waals surface area contributed by atoms with E-state index in [1.54, 1.807) is 31.5 Å². The minimum atomic E-state index is -0.320. The standard InChI is InChI=1S/C19H20N2O3/c1-14(11-15-7-5-4-6-8-15)13-20-21-19(22)16-9-10-17(23-2)18(12-16)24-3/h4-13H,1-3H3,(H,21,22)/b14-11+,20-13?. The van der Waals surface area contributed by atoms with Crippen molar-refractivity contribution in [2.24, 2.45) is 5.10 Å². The molecule has 0 spiro atoms. The summed E-state index contributed by atoms with van der Waals surface area (Å²) >= 11 is 0. The zero-order valence-electron chi connectivity index (χ0n) is 13.9. The molecule has 5 heteroatoms. The average molecular weight is 324 g/mol. The topological polar surface area (TPSA) is 59.9 Å². The molecule has 2 aromatic rings. The second-order valence-electron chi connectivity index (χ2n) is 5.07. The van der Waals surface area contributed by atoms with Gasteiger partial charge in [0.05, 0.1) is 20.4 Å². The fourth-order valence-electron chi connectivity index (χ4n) is 2.08. The summed E-state index contributed by atoms with van der Waals surface area (Å²) in [6, 6.07) is 14.8. The zero-order valence-corrected chi connectivity index (χ0v) is 13.9. The second-order valence-corrected chi connectivity index (χ2v) is 5.07. The van der Waals surface area contributed by atoms with E-state index in [2.05, 4.69) is 10.5 Å². The first-order valence-electron chi connectivity index (χ1n) is 7.43. The molecule has 1 amide bonds. The molecule has 0 aliphatic heterocycles. The van der Waals surface area contributed by atoms with Crippen LogP contribution in [0.2, 0.25) is 0 Å². The van der Waals surface area contributed by atoms with Crippen LogP contribution in [0, 0.1) is 0 Å². The van der Waals surface area contributed by atoms with Gasteiger partial charge in [-0.05, 0) is 36.3 Å². The van der Waals surface area contributed by atoms with Gasteiger partial charge in [-0.15, -0.1) is 0 Å². The number of hydrazone groups is 1. The number of carbonyl (C=O) groups excluding carboxylic acids is 1. The highest BCUT2D eigenvalue weighted by atomic mass is 16.5. The molecule has 0 fully saturated rings. The van der Waals surface area contributed by atoms with Crippen LogP contribution in [0.15, 0.2) is 59.2 Å². The van der Waals surface area contributed by atoms with Gasteiger partial charge in [0.2, 0.25) is 0 Å². The molecule has 1 N–H and O–H groups in total. The number of benzene rings is 2. The lowest BCUT2D eigenvalue weighted by Gasteiger charge is -2.08. The third-order valence-electron chi connectivity index (χ3n) is 3.27. The fraction of sp³-hybridized carbons (Fsp3) is 0.158. The summed E-state index contributed by atoms with van der Waals surface area (Å²) in [6.45, 7) is 1.92. The van der Waals surface area contributed by atoms with Crippen molar-refractivity contribution in [3.63, 3.8) is 0 Å². The van der Waals surface area contributed by atoms with E-state index in [1.807, 2.05) is 43.3 Å². The van der Waals surface area contributed by atoms with Gasteiger partial charge in [-0.3, -0.25) is 4.79 Å². The number of carbonyl (C=O) groups is 1. The van der Waals surface area contributed by atoms with Crippen LogP contribution < -0.4 is 14.9 Å². The molecule has 0 atom stereocenters. The van der Waals surface area contributed by atoms with Gasteiger partial charge >= 0.3 is 0 Å².